The van der Waals surface area contributed by atoms with Gasteiger partial charge >= 0.3 is 5.97 Å². The molecule has 3 aromatic rings. The van der Waals surface area contributed by atoms with Crippen LogP contribution in [0.25, 0.3) is 22.2 Å². The van der Waals surface area contributed by atoms with E-state index in [1.165, 1.54) is 6.42 Å². The summed E-state index contributed by atoms with van der Waals surface area (Å²) < 4.78 is 0. The lowest BCUT2D eigenvalue weighted by molar-refractivity contribution is 0.0692. The third-order valence-electron chi connectivity index (χ3n) is 4.45. The van der Waals surface area contributed by atoms with Gasteiger partial charge in [0.1, 0.15) is 0 Å². The van der Waals surface area contributed by atoms with E-state index in [1.54, 1.807) is 0 Å². The summed E-state index contributed by atoms with van der Waals surface area (Å²) in [5, 5.41) is 17.9. The first-order chi connectivity index (χ1) is 11.2. The minimum Gasteiger partial charge on any atom is -0.476 e. The first kappa shape index (κ1) is 14.2. The number of aromatic carboxylic acids is 1. The number of H-pyrrole nitrogens is 1. The molecule has 1 aliphatic carbocycles. The Hall–Kier alpha value is -2.40. The Morgan fingerprint density at radius 3 is 2.61 bits per heavy atom. The summed E-state index contributed by atoms with van der Waals surface area (Å²) in [7, 11) is 0. The highest BCUT2D eigenvalue weighted by atomic mass is 35.5. The summed E-state index contributed by atoms with van der Waals surface area (Å²) in [6.45, 7) is 0. The van der Waals surface area contributed by atoms with E-state index in [0.29, 0.717) is 22.2 Å². The van der Waals surface area contributed by atoms with Crippen LogP contribution in [0.5, 0.6) is 0 Å². The highest BCUT2D eigenvalue weighted by Gasteiger charge is 2.28. The van der Waals surface area contributed by atoms with Crippen LogP contribution >= 0.6 is 11.6 Å². The Morgan fingerprint density at radius 2 is 2.00 bits per heavy atom. The third-order valence-corrected chi connectivity index (χ3v) is 4.83. The number of hydrogen-bond acceptors (Lipinski definition) is 3. The fraction of sp³-hybridized carbons (Fsp3) is 0.235. The van der Waals surface area contributed by atoms with Crippen molar-refractivity contribution in [2.24, 2.45) is 0 Å². The van der Waals surface area contributed by atoms with Gasteiger partial charge in [-0.3, -0.25) is 5.10 Å². The van der Waals surface area contributed by atoms with Gasteiger partial charge in [0.25, 0.3) is 0 Å². The molecule has 1 fully saturated rings. The van der Waals surface area contributed by atoms with Crippen molar-refractivity contribution in [2.45, 2.75) is 25.2 Å². The maximum Gasteiger partial charge on any atom is 0.355 e. The standard InChI is InChI=1S/C17H14ClN3O2/c18-13-11(9-5-2-1-3-6-9)15(17(22)23)19-16-12(13)14(20-21-16)10-7-4-8-10/h1-3,5-6,10H,4,7-8H2,(H,22,23)(H,19,20,21). The molecule has 1 saturated carbocycles. The number of aromatic nitrogens is 3. The lowest BCUT2D eigenvalue weighted by Gasteiger charge is -2.24. The van der Waals surface area contributed by atoms with Crippen LogP contribution in [0, 0.1) is 0 Å². The van der Waals surface area contributed by atoms with Crippen molar-refractivity contribution in [2.75, 3.05) is 0 Å². The van der Waals surface area contributed by atoms with Gasteiger partial charge in [-0.05, 0) is 18.4 Å². The number of pyridine rings is 1. The summed E-state index contributed by atoms with van der Waals surface area (Å²) in [6, 6.07) is 9.25. The Morgan fingerprint density at radius 1 is 1.26 bits per heavy atom. The average Bonchev–Trinajstić information content (AvgIpc) is 2.90. The molecule has 1 aliphatic rings. The first-order valence-corrected chi connectivity index (χ1v) is 7.90. The van der Waals surface area contributed by atoms with Gasteiger partial charge in [0, 0.05) is 17.2 Å². The summed E-state index contributed by atoms with van der Waals surface area (Å²) in [6.07, 6.45) is 3.37. The van der Waals surface area contributed by atoms with Crippen molar-refractivity contribution >= 4 is 28.6 Å². The SMILES string of the molecule is O=C(O)c1nc2n[nH]c(C3CCC3)c2c(Cl)c1-c1ccccc1. The molecular formula is C17H14ClN3O2. The van der Waals surface area contributed by atoms with E-state index < -0.39 is 5.97 Å². The molecule has 23 heavy (non-hydrogen) atoms. The number of nitrogens with one attached hydrogen (secondary N) is 1. The van der Waals surface area contributed by atoms with E-state index >= 15 is 0 Å². The lowest BCUT2D eigenvalue weighted by atomic mass is 9.82. The van der Waals surface area contributed by atoms with Crippen molar-refractivity contribution in [1.29, 1.82) is 0 Å². The van der Waals surface area contributed by atoms with Crippen molar-refractivity contribution in [1.82, 2.24) is 15.2 Å². The number of hydrogen-bond donors (Lipinski definition) is 2. The number of benzene rings is 1. The molecule has 0 spiro atoms. The first-order valence-electron chi connectivity index (χ1n) is 7.53. The van der Waals surface area contributed by atoms with E-state index in [0.717, 1.165) is 29.5 Å². The quantitative estimate of drug-likeness (QED) is 0.754. The fourth-order valence-corrected chi connectivity index (χ4v) is 3.43. The van der Waals surface area contributed by atoms with Gasteiger partial charge in [-0.1, -0.05) is 48.4 Å². The van der Waals surface area contributed by atoms with E-state index in [9.17, 15) is 9.90 Å². The highest BCUT2D eigenvalue weighted by molar-refractivity contribution is 6.39. The third kappa shape index (κ3) is 2.19. The Kier molecular flexibility index (Phi) is 3.31. The zero-order chi connectivity index (χ0) is 16.0. The summed E-state index contributed by atoms with van der Waals surface area (Å²) in [5.41, 5.74) is 2.46. The van der Waals surface area contributed by atoms with Crippen LogP contribution < -0.4 is 0 Å². The molecular weight excluding hydrogens is 314 g/mol. The zero-order valence-corrected chi connectivity index (χ0v) is 13.0. The molecule has 0 atom stereocenters. The molecule has 0 radical (unpaired) electrons. The topological polar surface area (TPSA) is 78.9 Å². The zero-order valence-electron chi connectivity index (χ0n) is 12.2. The van der Waals surface area contributed by atoms with E-state index in [1.807, 2.05) is 30.3 Å². The maximum absolute atomic E-state index is 11.6. The molecule has 0 unspecified atom stereocenters. The van der Waals surface area contributed by atoms with Gasteiger partial charge in [-0.15, -0.1) is 0 Å². The minimum atomic E-state index is -1.11. The number of aromatic amines is 1. The number of carboxylic acid groups (broad SMARTS) is 1. The molecule has 1 aromatic carbocycles. The van der Waals surface area contributed by atoms with Crippen LogP contribution in [0.15, 0.2) is 30.3 Å². The predicted molar refractivity (Wildman–Crippen MR) is 87.9 cm³/mol. The van der Waals surface area contributed by atoms with Gasteiger partial charge in [0.05, 0.1) is 10.4 Å². The van der Waals surface area contributed by atoms with Crippen molar-refractivity contribution in [3.63, 3.8) is 0 Å². The molecule has 0 saturated heterocycles. The van der Waals surface area contributed by atoms with Gasteiger partial charge in [0.2, 0.25) is 0 Å². The second kappa shape index (κ2) is 5.35. The number of carboxylic acids is 1. The highest BCUT2D eigenvalue weighted by Crippen LogP contribution is 2.43. The second-order valence-corrected chi connectivity index (χ2v) is 6.16. The van der Waals surface area contributed by atoms with Crippen LogP contribution in [-0.4, -0.2) is 26.3 Å². The molecule has 5 nitrogen and oxygen atoms in total. The van der Waals surface area contributed by atoms with Gasteiger partial charge in [-0.2, -0.15) is 5.10 Å². The van der Waals surface area contributed by atoms with Gasteiger partial charge in [-0.25, -0.2) is 9.78 Å². The molecule has 2 N–H and O–H groups in total. The van der Waals surface area contributed by atoms with E-state index in [4.69, 9.17) is 11.6 Å². The largest absolute Gasteiger partial charge is 0.476 e. The van der Waals surface area contributed by atoms with Crippen LogP contribution in [-0.2, 0) is 0 Å². The number of halogens is 1. The van der Waals surface area contributed by atoms with E-state index in [-0.39, 0.29) is 5.69 Å². The van der Waals surface area contributed by atoms with Gasteiger partial charge in [0.15, 0.2) is 11.3 Å². The maximum atomic E-state index is 11.6. The number of carbonyl (C=O) groups is 1. The Balaban J connectivity index is 2.03. The number of nitrogens with zero attached hydrogens (tertiary/aromatic N) is 2. The average molecular weight is 328 g/mol. The molecule has 6 heteroatoms. The van der Waals surface area contributed by atoms with Crippen molar-refractivity contribution < 1.29 is 9.90 Å². The molecule has 2 heterocycles. The molecule has 0 amide bonds. The monoisotopic (exact) mass is 327 g/mol. The van der Waals surface area contributed by atoms with Crippen molar-refractivity contribution in [3.8, 4) is 11.1 Å². The normalized spacial score (nSPS) is 14.8. The van der Waals surface area contributed by atoms with Crippen molar-refractivity contribution in [3.05, 3.63) is 46.7 Å². The van der Waals surface area contributed by atoms with Crippen LogP contribution in [0.4, 0.5) is 0 Å². The minimum absolute atomic E-state index is 0.0691. The van der Waals surface area contributed by atoms with Crippen LogP contribution in [0.3, 0.4) is 0 Å². The van der Waals surface area contributed by atoms with Crippen LogP contribution in [0.2, 0.25) is 5.02 Å². The smallest absolute Gasteiger partial charge is 0.355 e. The van der Waals surface area contributed by atoms with E-state index in [2.05, 4.69) is 15.2 Å². The fourth-order valence-electron chi connectivity index (χ4n) is 3.05. The van der Waals surface area contributed by atoms with Crippen LogP contribution in [0.1, 0.15) is 41.4 Å². The molecule has 116 valence electrons. The predicted octanol–water partition coefficient (Wildman–Crippen LogP) is 4.24. The Bertz CT molecular complexity index is 901. The summed E-state index contributed by atoms with van der Waals surface area (Å²) in [5.74, 6) is -0.709. The lowest BCUT2D eigenvalue weighted by Crippen LogP contribution is -2.10. The molecule has 2 aromatic heterocycles. The number of rotatable bonds is 3. The molecule has 0 bridgehead atoms. The Labute approximate surface area is 137 Å². The summed E-state index contributed by atoms with van der Waals surface area (Å²) in [4.78, 5) is 15.9. The molecule has 4 rings (SSSR count). The summed E-state index contributed by atoms with van der Waals surface area (Å²) >= 11 is 6.63. The molecule has 0 aliphatic heterocycles. The second-order valence-electron chi connectivity index (χ2n) is 5.78. The number of fused-ring (bicyclic) bond motifs is 1. The van der Waals surface area contributed by atoms with Gasteiger partial charge < -0.3 is 5.11 Å².